The summed E-state index contributed by atoms with van der Waals surface area (Å²) in [7, 11) is -3.96. The monoisotopic (exact) mass is 828 g/mol. The van der Waals surface area contributed by atoms with Crippen molar-refractivity contribution in [2.24, 2.45) is 17.3 Å². The van der Waals surface area contributed by atoms with Crippen molar-refractivity contribution in [1.29, 1.82) is 0 Å². The molecule has 14 nitrogen and oxygen atoms in total. The maximum absolute atomic E-state index is 16.4. The first kappa shape index (κ1) is 41.7. The van der Waals surface area contributed by atoms with Gasteiger partial charge in [0.25, 0.3) is 11.8 Å². The molecule has 5 atom stereocenters. The number of alkyl carbamates (subject to hydrolysis) is 1. The highest BCUT2D eigenvalue weighted by Gasteiger charge is 2.62. The number of rotatable bonds is 5. The Morgan fingerprint density at radius 2 is 1.69 bits per heavy atom. The third kappa shape index (κ3) is 8.93. The smallest absolute Gasteiger partial charge is 0.407 e. The number of hydrogen-bond acceptors (Lipinski definition) is 10. The molecule has 1 aromatic heterocycles. The Bertz CT molecular complexity index is 2040. The minimum absolute atomic E-state index is 0.0515. The van der Waals surface area contributed by atoms with Crippen LogP contribution in [-0.2, 0) is 35.1 Å². The molecule has 4 amide bonds. The van der Waals surface area contributed by atoms with Crippen molar-refractivity contribution < 1.29 is 45.9 Å². The number of alkyl halides is 2. The second-order valence-electron chi connectivity index (χ2n) is 16.8. The number of cyclic esters (lactones) is 1. The fraction of sp³-hybridized carbons (Fsp3) is 0.659. The number of carbonyl (C=O) groups excluding carboxylic acids is 4. The van der Waals surface area contributed by atoms with E-state index < -0.39 is 97.9 Å². The first-order valence-corrected chi connectivity index (χ1v) is 22.3. The molecule has 2 aromatic rings. The molecule has 1 saturated heterocycles. The van der Waals surface area contributed by atoms with Crippen LogP contribution in [0.25, 0.3) is 11.0 Å². The SMILES string of the molecule is CCC1(CC)CCCCC(F)(F)c2nc3ccccc3nc2O[C@H]2CN3CC2C(=O)N[C@]2(C(=O)NS(=O)(=O)C4CC4)C[C@H]2/C=C/CCCCC[C@H](NC(=O)OC1)C3=O. The maximum Gasteiger partial charge on any atom is 0.407 e. The molecule has 3 aliphatic heterocycles. The van der Waals surface area contributed by atoms with Gasteiger partial charge in [0.15, 0.2) is 5.69 Å². The fourth-order valence-electron chi connectivity index (χ4n) is 8.52. The third-order valence-electron chi connectivity index (χ3n) is 12.8. The predicted molar refractivity (Wildman–Crippen MR) is 209 cm³/mol. The van der Waals surface area contributed by atoms with Gasteiger partial charge in [-0.25, -0.2) is 23.2 Å². The minimum atomic E-state index is -3.96. The van der Waals surface area contributed by atoms with E-state index in [-0.39, 0.29) is 50.0 Å². The van der Waals surface area contributed by atoms with Crippen molar-refractivity contribution in [2.75, 3.05) is 19.7 Å². The zero-order valence-electron chi connectivity index (χ0n) is 33.1. The molecule has 58 heavy (non-hydrogen) atoms. The second kappa shape index (κ2) is 16.7. The van der Waals surface area contributed by atoms with Crippen LogP contribution in [0.5, 0.6) is 5.88 Å². The number of halogens is 2. The average molecular weight is 829 g/mol. The van der Waals surface area contributed by atoms with Gasteiger partial charge in [0.05, 0.1) is 35.4 Å². The number of benzene rings is 1. The van der Waals surface area contributed by atoms with Crippen molar-refractivity contribution in [3.63, 3.8) is 0 Å². The number of aromatic nitrogens is 2. The molecule has 7 rings (SSSR count). The number of sulfonamides is 1. The van der Waals surface area contributed by atoms with E-state index in [1.165, 1.54) is 4.90 Å². The lowest BCUT2D eigenvalue weighted by molar-refractivity contribution is -0.134. The van der Waals surface area contributed by atoms with E-state index in [9.17, 15) is 27.6 Å². The molecule has 4 bridgehead atoms. The fourth-order valence-corrected chi connectivity index (χ4v) is 9.89. The topological polar surface area (TPSA) is 186 Å². The van der Waals surface area contributed by atoms with Gasteiger partial charge in [-0.05, 0) is 76.3 Å². The Morgan fingerprint density at radius 3 is 2.41 bits per heavy atom. The average Bonchev–Trinajstić information content (AvgIpc) is 4.13. The summed E-state index contributed by atoms with van der Waals surface area (Å²) in [5, 5.41) is 4.93. The van der Waals surface area contributed by atoms with Crippen molar-refractivity contribution >= 4 is 44.9 Å². The van der Waals surface area contributed by atoms with Crippen LogP contribution in [0.3, 0.4) is 0 Å². The van der Waals surface area contributed by atoms with E-state index in [1.54, 1.807) is 24.3 Å². The van der Waals surface area contributed by atoms with Gasteiger partial charge in [-0.1, -0.05) is 57.4 Å². The first-order chi connectivity index (χ1) is 27.7. The molecule has 3 N–H and O–H groups in total. The number of nitrogens with zero attached hydrogens (tertiary/aromatic N) is 3. The van der Waals surface area contributed by atoms with E-state index in [2.05, 4.69) is 25.3 Å². The van der Waals surface area contributed by atoms with E-state index in [4.69, 9.17) is 9.47 Å². The lowest BCUT2D eigenvalue weighted by atomic mass is 9.78. The van der Waals surface area contributed by atoms with Crippen LogP contribution in [0.15, 0.2) is 36.4 Å². The Labute approximate surface area is 337 Å². The number of fused-ring (bicyclic) bond motifs is 7. The lowest BCUT2D eigenvalue weighted by Gasteiger charge is -2.32. The highest BCUT2D eigenvalue weighted by atomic mass is 32.2. The Kier molecular flexibility index (Phi) is 12.0. The van der Waals surface area contributed by atoms with Gasteiger partial charge in [0.2, 0.25) is 27.7 Å². The number of ether oxygens (including phenoxy) is 2. The number of carbonyl (C=O) groups is 4. The van der Waals surface area contributed by atoms with E-state index in [1.807, 2.05) is 26.0 Å². The van der Waals surface area contributed by atoms with Crippen LogP contribution in [-0.4, -0.2) is 89.7 Å². The molecule has 0 spiro atoms. The lowest BCUT2D eigenvalue weighted by Crippen LogP contribution is -2.55. The van der Waals surface area contributed by atoms with Gasteiger partial charge in [0.1, 0.15) is 17.7 Å². The van der Waals surface area contributed by atoms with Gasteiger partial charge in [-0.2, -0.15) is 8.78 Å². The van der Waals surface area contributed by atoms with Crippen LogP contribution in [0, 0.1) is 17.3 Å². The van der Waals surface area contributed by atoms with Gasteiger partial charge in [0, 0.05) is 24.3 Å². The number of allylic oxidation sites excluding steroid dienone is 1. The maximum atomic E-state index is 16.4. The van der Waals surface area contributed by atoms with Gasteiger partial charge < -0.3 is 25.0 Å². The van der Waals surface area contributed by atoms with Crippen LogP contribution >= 0.6 is 0 Å². The largest absolute Gasteiger partial charge is 0.470 e. The summed E-state index contributed by atoms with van der Waals surface area (Å²) in [6, 6.07) is 5.52. The molecule has 17 heteroatoms. The molecule has 1 aromatic carbocycles. The molecule has 2 aliphatic carbocycles. The highest BCUT2D eigenvalue weighted by molar-refractivity contribution is 7.91. The Balaban J connectivity index is 1.27. The van der Waals surface area contributed by atoms with Crippen LogP contribution in [0.4, 0.5) is 13.6 Å². The molecule has 1 unspecified atom stereocenters. The quantitative estimate of drug-likeness (QED) is 0.330. The number of amides is 4. The van der Waals surface area contributed by atoms with Gasteiger partial charge in [-0.3, -0.25) is 19.1 Å². The summed E-state index contributed by atoms with van der Waals surface area (Å²) in [5.41, 5.74) is -2.21. The zero-order chi connectivity index (χ0) is 41.3. The van der Waals surface area contributed by atoms with E-state index >= 15 is 8.78 Å². The summed E-state index contributed by atoms with van der Waals surface area (Å²) < 4.78 is 72.9. The number of para-hydroxylation sites is 2. The van der Waals surface area contributed by atoms with Gasteiger partial charge in [-0.15, -0.1) is 0 Å². The van der Waals surface area contributed by atoms with Crippen LogP contribution < -0.4 is 20.1 Å². The van der Waals surface area contributed by atoms with Gasteiger partial charge >= 0.3 is 6.09 Å². The van der Waals surface area contributed by atoms with Crippen molar-refractivity contribution in [1.82, 2.24) is 30.2 Å². The minimum Gasteiger partial charge on any atom is -0.470 e. The second-order valence-corrected chi connectivity index (χ2v) is 18.7. The molecule has 0 radical (unpaired) electrons. The van der Waals surface area contributed by atoms with Crippen molar-refractivity contribution in [3.8, 4) is 5.88 Å². The normalized spacial score (nSPS) is 30.1. The van der Waals surface area contributed by atoms with Crippen molar-refractivity contribution in [2.45, 2.75) is 133 Å². The summed E-state index contributed by atoms with van der Waals surface area (Å²) >= 11 is 0. The van der Waals surface area contributed by atoms with Crippen LogP contribution in [0.1, 0.15) is 109 Å². The molecule has 316 valence electrons. The molecule has 5 aliphatic rings. The van der Waals surface area contributed by atoms with Crippen LogP contribution in [0.2, 0.25) is 0 Å². The first-order valence-electron chi connectivity index (χ1n) is 20.8. The van der Waals surface area contributed by atoms with E-state index in [0.717, 1.165) is 12.8 Å². The summed E-state index contributed by atoms with van der Waals surface area (Å²) in [5.74, 6) is -7.78. The molecule has 3 fully saturated rings. The molecular weight excluding hydrogens is 775 g/mol. The summed E-state index contributed by atoms with van der Waals surface area (Å²) in [4.78, 5) is 66.3. The zero-order valence-corrected chi connectivity index (χ0v) is 34.0. The Hall–Kier alpha value is -4.41. The predicted octanol–water partition coefficient (Wildman–Crippen LogP) is 5.41. The molecule has 2 saturated carbocycles. The van der Waals surface area contributed by atoms with E-state index in [0.29, 0.717) is 51.4 Å². The standard InChI is InChI=1S/C41H54F2N6O8S/c1-3-39(4-2)20-12-13-21-41(42,43)33-35(45-30-16-11-10-15-29(30)44-33)57-32-24-49-23-28(32)34(50)47-40(37(52)48-58(54,55)27-18-19-27)22-26(40)14-8-6-5-7-9-17-31(36(49)51)46-38(53)56-25-39/h8,10-11,14-16,26-28,31-32H,3-7,9,12-13,17-25H2,1-2H3,(H,46,53)(H,47,50)(H,48,52)/b14-8+/t26-,28?,31+,32+,40-/m1/s1. The molecular formula is C41H54F2N6O8S. The highest BCUT2D eigenvalue weighted by Crippen LogP contribution is 2.47. The number of nitrogens with one attached hydrogen (secondary N) is 3. The Morgan fingerprint density at radius 1 is 0.966 bits per heavy atom. The summed E-state index contributed by atoms with van der Waals surface area (Å²) in [6.07, 6.45) is 7.49. The summed E-state index contributed by atoms with van der Waals surface area (Å²) in [6.45, 7) is 3.52. The van der Waals surface area contributed by atoms with Crippen molar-refractivity contribution in [3.05, 3.63) is 42.1 Å². The number of hydrogen-bond donors (Lipinski definition) is 3. The molecule has 4 heterocycles. The third-order valence-corrected chi connectivity index (χ3v) is 14.6.